The minimum atomic E-state index is -4.52. The maximum atomic E-state index is 13.4. The van der Waals surface area contributed by atoms with Crippen LogP contribution in [0.1, 0.15) is 31.0 Å². The van der Waals surface area contributed by atoms with Crippen molar-refractivity contribution >= 4 is 17.4 Å². The highest BCUT2D eigenvalue weighted by Crippen LogP contribution is 2.37. The Hall–Kier alpha value is -2.85. The number of carbonyl (C=O) groups is 1. The molecule has 0 saturated carbocycles. The second-order valence-corrected chi connectivity index (χ2v) is 8.47. The van der Waals surface area contributed by atoms with Crippen LogP contribution in [0.25, 0.3) is 0 Å². The number of likely N-dealkylation sites (N-methyl/N-ethyl adjacent to an activating group) is 1. The fraction of sp³-hybridized carbons (Fsp3) is 0.478. The Bertz CT molecular complexity index is 929. The van der Waals surface area contributed by atoms with Gasteiger partial charge in [-0.1, -0.05) is 0 Å². The first-order valence-corrected chi connectivity index (χ1v) is 10.8. The lowest BCUT2D eigenvalue weighted by Crippen LogP contribution is -2.50. The van der Waals surface area contributed by atoms with Crippen molar-refractivity contribution in [2.75, 3.05) is 44.1 Å². The lowest BCUT2D eigenvalue weighted by Gasteiger charge is -2.41. The van der Waals surface area contributed by atoms with Crippen LogP contribution in [0.4, 0.5) is 29.3 Å². The fourth-order valence-corrected chi connectivity index (χ4v) is 4.06. The van der Waals surface area contributed by atoms with E-state index in [0.29, 0.717) is 18.9 Å². The van der Waals surface area contributed by atoms with Crippen molar-refractivity contribution < 1.29 is 22.7 Å². The van der Waals surface area contributed by atoms with E-state index in [9.17, 15) is 18.0 Å². The molecule has 2 N–H and O–H groups in total. The molecule has 2 heterocycles. The molecule has 7 nitrogen and oxygen atoms in total. The molecule has 1 aromatic carbocycles. The molecule has 1 fully saturated rings. The van der Waals surface area contributed by atoms with Crippen molar-refractivity contribution in [1.82, 2.24) is 15.2 Å². The number of halogens is 3. The van der Waals surface area contributed by atoms with Gasteiger partial charge >= 0.3 is 12.2 Å². The summed E-state index contributed by atoms with van der Waals surface area (Å²) in [5, 5.41) is 5.43. The van der Waals surface area contributed by atoms with Crippen molar-refractivity contribution in [3.63, 3.8) is 0 Å². The molecule has 180 valence electrons. The van der Waals surface area contributed by atoms with E-state index in [-0.39, 0.29) is 30.4 Å². The topological polar surface area (TPSA) is 69.7 Å². The molecule has 1 aromatic heterocycles. The van der Waals surface area contributed by atoms with Gasteiger partial charge in [0, 0.05) is 31.0 Å². The summed E-state index contributed by atoms with van der Waals surface area (Å²) in [5.74, 6) is 0. The molecule has 3 rings (SSSR count). The number of anilines is 2. The van der Waals surface area contributed by atoms with Crippen LogP contribution in [0.15, 0.2) is 42.7 Å². The quantitative estimate of drug-likeness (QED) is 0.671. The van der Waals surface area contributed by atoms with Gasteiger partial charge in [-0.15, -0.1) is 0 Å². The molecule has 3 atom stereocenters. The maximum absolute atomic E-state index is 13.4. The summed E-state index contributed by atoms with van der Waals surface area (Å²) in [6, 6.07) is 6.33. The van der Waals surface area contributed by atoms with Gasteiger partial charge in [-0.2, -0.15) is 13.2 Å². The minimum Gasteiger partial charge on any atom is -0.377 e. The van der Waals surface area contributed by atoms with Gasteiger partial charge in [0.2, 0.25) is 0 Å². The minimum absolute atomic E-state index is 0.0566. The number of ether oxygens (including phenoxy) is 1. The van der Waals surface area contributed by atoms with Crippen LogP contribution >= 0.6 is 0 Å². The SMILES string of the molecule is CC1COCC(C)N1c1ccc(C(F)(F)F)cc1NC(=O)NCC(c1ccncc1)N(C)C. The zero-order chi connectivity index (χ0) is 24.2. The van der Waals surface area contributed by atoms with E-state index in [1.54, 1.807) is 12.4 Å². The summed E-state index contributed by atoms with van der Waals surface area (Å²) in [6.07, 6.45) is -1.18. The van der Waals surface area contributed by atoms with Crippen LogP contribution in [-0.2, 0) is 10.9 Å². The molecule has 0 aliphatic carbocycles. The number of hydrogen-bond donors (Lipinski definition) is 2. The van der Waals surface area contributed by atoms with E-state index in [2.05, 4.69) is 15.6 Å². The first-order chi connectivity index (χ1) is 15.6. The summed E-state index contributed by atoms with van der Waals surface area (Å²) in [6.45, 7) is 5.05. The average Bonchev–Trinajstić information content (AvgIpc) is 2.74. The Morgan fingerprint density at radius 1 is 1.18 bits per heavy atom. The van der Waals surface area contributed by atoms with Crippen molar-refractivity contribution in [2.24, 2.45) is 0 Å². The van der Waals surface area contributed by atoms with E-state index >= 15 is 0 Å². The largest absolute Gasteiger partial charge is 0.416 e. The summed E-state index contributed by atoms with van der Waals surface area (Å²) < 4.78 is 45.7. The van der Waals surface area contributed by atoms with Gasteiger partial charge in [0.05, 0.1) is 36.2 Å². The second-order valence-electron chi connectivity index (χ2n) is 8.47. The standard InChI is InChI=1S/C23H30F3N5O2/c1-15-13-33-14-16(2)31(15)20-6-5-18(23(24,25)26)11-19(20)29-22(32)28-12-21(30(3)4)17-7-9-27-10-8-17/h5-11,15-16,21H,12-14H2,1-4H3,(H2,28,29,32). The number of aromatic nitrogens is 1. The fourth-order valence-electron chi connectivity index (χ4n) is 4.06. The molecule has 0 bridgehead atoms. The summed E-state index contributed by atoms with van der Waals surface area (Å²) in [7, 11) is 3.77. The van der Waals surface area contributed by atoms with Gasteiger partial charge < -0.3 is 25.2 Å². The van der Waals surface area contributed by atoms with Crippen LogP contribution in [0.2, 0.25) is 0 Å². The van der Waals surface area contributed by atoms with Crippen LogP contribution in [0.3, 0.4) is 0 Å². The summed E-state index contributed by atoms with van der Waals surface area (Å²) in [5.41, 5.74) is 0.775. The van der Waals surface area contributed by atoms with Gasteiger partial charge in [0.1, 0.15) is 0 Å². The number of morpholine rings is 1. The molecule has 0 spiro atoms. The van der Waals surface area contributed by atoms with Gasteiger partial charge in [-0.3, -0.25) is 4.98 Å². The van der Waals surface area contributed by atoms with Crippen LogP contribution < -0.4 is 15.5 Å². The number of amides is 2. The third-order valence-corrected chi connectivity index (χ3v) is 5.69. The molecule has 1 aliphatic heterocycles. The number of hydrogen-bond acceptors (Lipinski definition) is 5. The monoisotopic (exact) mass is 465 g/mol. The third kappa shape index (κ3) is 6.14. The van der Waals surface area contributed by atoms with E-state index < -0.39 is 17.8 Å². The molecule has 1 aliphatic rings. The molecule has 2 aromatic rings. The van der Waals surface area contributed by atoms with E-state index in [1.165, 1.54) is 6.07 Å². The van der Waals surface area contributed by atoms with Crippen LogP contribution in [0, 0.1) is 0 Å². The zero-order valence-electron chi connectivity index (χ0n) is 19.2. The highest BCUT2D eigenvalue weighted by Gasteiger charge is 2.33. The Kier molecular flexibility index (Phi) is 7.80. The lowest BCUT2D eigenvalue weighted by molar-refractivity contribution is -0.137. The highest BCUT2D eigenvalue weighted by molar-refractivity contribution is 5.93. The molecular formula is C23H30F3N5O2. The zero-order valence-corrected chi connectivity index (χ0v) is 19.2. The number of carbonyl (C=O) groups excluding carboxylic acids is 1. The molecule has 33 heavy (non-hydrogen) atoms. The number of urea groups is 1. The number of alkyl halides is 3. The number of rotatable bonds is 6. The number of benzene rings is 1. The van der Waals surface area contributed by atoms with Gasteiger partial charge in [0.15, 0.2) is 0 Å². The number of nitrogens with one attached hydrogen (secondary N) is 2. The van der Waals surface area contributed by atoms with Crippen molar-refractivity contribution in [3.05, 3.63) is 53.9 Å². The Morgan fingerprint density at radius 3 is 2.39 bits per heavy atom. The molecule has 3 unspecified atom stereocenters. The lowest BCUT2D eigenvalue weighted by atomic mass is 10.1. The van der Waals surface area contributed by atoms with Gasteiger partial charge in [0.25, 0.3) is 0 Å². The number of pyridine rings is 1. The maximum Gasteiger partial charge on any atom is 0.416 e. The first-order valence-electron chi connectivity index (χ1n) is 10.8. The number of nitrogens with zero attached hydrogens (tertiary/aromatic N) is 3. The second kappa shape index (κ2) is 10.4. The van der Waals surface area contributed by atoms with E-state index in [1.807, 2.05) is 49.9 Å². The molecule has 0 radical (unpaired) electrons. The average molecular weight is 466 g/mol. The Labute approximate surface area is 191 Å². The highest BCUT2D eigenvalue weighted by atomic mass is 19.4. The van der Waals surface area contributed by atoms with Gasteiger partial charge in [-0.25, -0.2) is 4.79 Å². The Morgan fingerprint density at radius 2 is 1.82 bits per heavy atom. The van der Waals surface area contributed by atoms with E-state index in [0.717, 1.165) is 17.7 Å². The van der Waals surface area contributed by atoms with Crippen LogP contribution in [-0.4, -0.2) is 61.9 Å². The summed E-state index contributed by atoms with van der Waals surface area (Å²) in [4.78, 5) is 20.7. The third-order valence-electron chi connectivity index (χ3n) is 5.69. The normalized spacial score (nSPS) is 19.9. The van der Waals surface area contributed by atoms with Crippen molar-refractivity contribution in [1.29, 1.82) is 0 Å². The first kappa shape index (κ1) is 24.8. The van der Waals surface area contributed by atoms with Crippen molar-refractivity contribution in [3.8, 4) is 0 Å². The summed E-state index contributed by atoms with van der Waals surface area (Å²) >= 11 is 0. The molecule has 1 saturated heterocycles. The smallest absolute Gasteiger partial charge is 0.377 e. The predicted octanol–water partition coefficient (Wildman–Crippen LogP) is 4.14. The predicted molar refractivity (Wildman–Crippen MR) is 121 cm³/mol. The Balaban J connectivity index is 1.82. The molecular weight excluding hydrogens is 435 g/mol. The molecule has 10 heteroatoms. The van der Waals surface area contributed by atoms with E-state index in [4.69, 9.17) is 4.74 Å². The van der Waals surface area contributed by atoms with Crippen LogP contribution in [0.5, 0.6) is 0 Å². The van der Waals surface area contributed by atoms with Gasteiger partial charge in [-0.05, 0) is 63.8 Å². The molecule has 2 amide bonds. The van der Waals surface area contributed by atoms with Crippen molar-refractivity contribution in [2.45, 2.75) is 38.1 Å².